The number of hydrogen-bond donors (Lipinski definition) is 1. The molecule has 1 fully saturated rings. The van der Waals surface area contributed by atoms with Gasteiger partial charge in [-0.25, -0.2) is 4.98 Å². The van der Waals surface area contributed by atoms with E-state index in [2.05, 4.69) is 47.9 Å². The Morgan fingerprint density at radius 2 is 2.16 bits per heavy atom. The summed E-state index contributed by atoms with van der Waals surface area (Å²) in [6, 6.07) is 3.75. The summed E-state index contributed by atoms with van der Waals surface area (Å²) >= 11 is 0. The van der Waals surface area contributed by atoms with Gasteiger partial charge in [-0.05, 0) is 49.3 Å². The third kappa shape index (κ3) is 6.31. The minimum atomic E-state index is -0.146. The number of nitrogens with one attached hydrogen (secondary N) is 1. The molecule has 1 aromatic rings. The lowest BCUT2D eigenvalue weighted by atomic mass is 9.81. The summed E-state index contributed by atoms with van der Waals surface area (Å²) in [5.74, 6) is 0.681. The highest BCUT2D eigenvalue weighted by Crippen LogP contribution is 2.30. The largest absolute Gasteiger partial charge is 0.372 e. The first-order valence-corrected chi connectivity index (χ1v) is 9.40. The van der Waals surface area contributed by atoms with Crippen molar-refractivity contribution in [3.63, 3.8) is 0 Å². The van der Waals surface area contributed by atoms with Gasteiger partial charge in [-0.15, -0.1) is 0 Å². The minimum absolute atomic E-state index is 0.146. The van der Waals surface area contributed by atoms with Crippen LogP contribution in [0.5, 0.6) is 0 Å². The number of aromatic nitrogens is 1. The first kappa shape index (κ1) is 19.7. The van der Waals surface area contributed by atoms with Gasteiger partial charge in [-0.1, -0.05) is 20.8 Å². The van der Waals surface area contributed by atoms with E-state index in [0.29, 0.717) is 11.1 Å². The predicted octanol–water partition coefficient (Wildman–Crippen LogP) is 3.03. The molecule has 25 heavy (non-hydrogen) atoms. The first-order valence-electron chi connectivity index (χ1n) is 9.40. The molecule has 0 aromatic carbocycles. The second-order valence-electron chi connectivity index (χ2n) is 8.48. The summed E-state index contributed by atoms with van der Waals surface area (Å²) < 4.78 is 0. The molecule has 1 aliphatic rings. The summed E-state index contributed by atoms with van der Waals surface area (Å²) in [5.41, 5.74) is 1.93. The lowest BCUT2D eigenvalue weighted by Crippen LogP contribution is -2.40. The van der Waals surface area contributed by atoms with Crippen molar-refractivity contribution in [1.82, 2.24) is 15.2 Å². The Labute approximate surface area is 152 Å². The summed E-state index contributed by atoms with van der Waals surface area (Å²) in [7, 11) is 3.71. The van der Waals surface area contributed by atoms with Crippen molar-refractivity contribution in [3.05, 3.63) is 24.0 Å². The molecular formula is C20H34N4O. The van der Waals surface area contributed by atoms with Crippen LogP contribution in [0.2, 0.25) is 0 Å². The van der Waals surface area contributed by atoms with E-state index < -0.39 is 0 Å². The smallest absolute Gasteiger partial charge is 0.269 e. The van der Waals surface area contributed by atoms with Gasteiger partial charge in [0.25, 0.3) is 5.91 Å². The van der Waals surface area contributed by atoms with E-state index in [0.717, 1.165) is 24.7 Å². The lowest BCUT2D eigenvalue weighted by Gasteiger charge is -2.36. The topological polar surface area (TPSA) is 48.5 Å². The maximum absolute atomic E-state index is 11.6. The highest BCUT2D eigenvalue weighted by atomic mass is 16.1. The number of rotatable bonds is 6. The molecule has 5 nitrogen and oxygen atoms in total. The van der Waals surface area contributed by atoms with Crippen LogP contribution in [0.15, 0.2) is 18.3 Å². The van der Waals surface area contributed by atoms with Gasteiger partial charge in [0.05, 0.1) is 11.9 Å². The van der Waals surface area contributed by atoms with Crippen molar-refractivity contribution < 1.29 is 4.79 Å². The number of anilines is 1. The number of amides is 1. The molecule has 5 heteroatoms. The Morgan fingerprint density at radius 3 is 2.76 bits per heavy atom. The molecule has 1 aliphatic heterocycles. The maximum Gasteiger partial charge on any atom is 0.269 e. The number of nitrogens with zero attached hydrogens (tertiary/aromatic N) is 3. The molecule has 2 rings (SSSR count). The predicted molar refractivity (Wildman–Crippen MR) is 104 cm³/mol. The number of carbonyl (C=O) groups excluding carboxylic acids is 1. The summed E-state index contributed by atoms with van der Waals surface area (Å²) in [6.45, 7) is 11.5. The molecule has 0 saturated carbocycles. The van der Waals surface area contributed by atoms with Crippen LogP contribution in [-0.4, -0.2) is 56.1 Å². The van der Waals surface area contributed by atoms with Gasteiger partial charge in [0.2, 0.25) is 0 Å². The van der Waals surface area contributed by atoms with Crippen molar-refractivity contribution >= 4 is 11.6 Å². The number of piperidine rings is 1. The van der Waals surface area contributed by atoms with Crippen LogP contribution >= 0.6 is 0 Å². The van der Waals surface area contributed by atoms with Crippen molar-refractivity contribution in [2.75, 3.05) is 45.2 Å². The zero-order chi connectivity index (χ0) is 18.4. The van der Waals surface area contributed by atoms with Crippen molar-refractivity contribution in [1.29, 1.82) is 0 Å². The Kier molecular flexibility index (Phi) is 6.82. The Bertz CT molecular complexity index is 550. The number of pyridine rings is 1. The van der Waals surface area contributed by atoms with Crippen LogP contribution in [0.4, 0.5) is 5.69 Å². The fraction of sp³-hybridized carbons (Fsp3) is 0.700. The van der Waals surface area contributed by atoms with E-state index in [9.17, 15) is 4.79 Å². The zero-order valence-corrected chi connectivity index (χ0v) is 16.5. The molecular weight excluding hydrogens is 312 g/mol. The van der Waals surface area contributed by atoms with E-state index in [4.69, 9.17) is 0 Å². The molecule has 0 aliphatic carbocycles. The summed E-state index contributed by atoms with van der Waals surface area (Å²) in [5, 5.41) is 2.60. The Morgan fingerprint density at radius 1 is 1.40 bits per heavy atom. The van der Waals surface area contributed by atoms with Crippen molar-refractivity contribution in [2.45, 2.75) is 40.0 Å². The van der Waals surface area contributed by atoms with Gasteiger partial charge < -0.3 is 15.1 Å². The van der Waals surface area contributed by atoms with E-state index >= 15 is 0 Å². The SMILES string of the molecule is CNC(=O)c1ccc(N(C)CCN2CCCC(CC(C)(C)C)C2)cn1. The van der Waals surface area contributed by atoms with Gasteiger partial charge in [0.1, 0.15) is 5.69 Å². The molecule has 140 valence electrons. The fourth-order valence-corrected chi connectivity index (χ4v) is 3.68. The van der Waals surface area contributed by atoms with E-state index in [-0.39, 0.29) is 5.91 Å². The monoisotopic (exact) mass is 346 g/mol. The molecule has 0 bridgehead atoms. The third-order valence-electron chi connectivity index (χ3n) is 4.90. The highest BCUT2D eigenvalue weighted by molar-refractivity contribution is 5.92. The number of hydrogen-bond acceptors (Lipinski definition) is 4. The van der Waals surface area contributed by atoms with Crippen LogP contribution in [0.3, 0.4) is 0 Å². The van der Waals surface area contributed by atoms with Crippen molar-refractivity contribution in [3.8, 4) is 0 Å². The molecule has 1 unspecified atom stereocenters. The van der Waals surface area contributed by atoms with Gasteiger partial charge in [-0.2, -0.15) is 0 Å². The average Bonchev–Trinajstić information content (AvgIpc) is 2.58. The second kappa shape index (κ2) is 8.65. The summed E-state index contributed by atoms with van der Waals surface area (Å²) in [6.07, 6.45) is 5.77. The van der Waals surface area contributed by atoms with Gasteiger partial charge in [0.15, 0.2) is 0 Å². The van der Waals surface area contributed by atoms with Gasteiger partial charge >= 0.3 is 0 Å². The Balaban J connectivity index is 1.82. The quantitative estimate of drug-likeness (QED) is 0.860. The van der Waals surface area contributed by atoms with E-state index in [1.165, 1.54) is 32.4 Å². The van der Waals surface area contributed by atoms with Gasteiger partial charge in [0, 0.05) is 33.7 Å². The third-order valence-corrected chi connectivity index (χ3v) is 4.90. The summed E-state index contributed by atoms with van der Waals surface area (Å²) in [4.78, 5) is 20.6. The molecule has 0 radical (unpaired) electrons. The molecule has 1 N–H and O–H groups in total. The average molecular weight is 347 g/mol. The molecule has 0 spiro atoms. The van der Waals surface area contributed by atoms with Crippen LogP contribution in [0, 0.1) is 11.3 Å². The Hall–Kier alpha value is -1.62. The van der Waals surface area contributed by atoms with Crippen LogP contribution in [-0.2, 0) is 0 Å². The van der Waals surface area contributed by atoms with E-state index in [1.54, 1.807) is 19.3 Å². The highest BCUT2D eigenvalue weighted by Gasteiger charge is 2.24. The number of carbonyl (C=O) groups is 1. The lowest BCUT2D eigenvalue weighted by molar-refractivity contribution is 0.0958. The molecule has 2 heterocycles. The van der Waals surface area contributed by atoms with Crippen LogP contribution < -0.4 is 10.2 Å². The number of likely N-dealkylation sites (tertiary alicyclic amines) is 1. The maximum atomic E-state index is 11.6. The fourth-order valence-electron chi connectivity index (χ4n) is 3.68. The van der Waals surface area contributed by atoms with Crippen LogP contribution in [0.25, 0.3) is 0 Å². The van der Waals surface area contributed by atoms with Crippen molar-refractivity contribution in [2.24, 2.45) is 11.3 Å². The molecule has 1 aromatic heterocycles. The number of likely N-dealkylation sites (N-methyl/N-ethyl adjacent to an activating group) is 1. The molecule has 1 saturated heterocycles. The van der Waals surface area contributed by atoms with Crippen LogP contribution in [0.1, 0.15) is 50.5 Å². The first-order chi connectivity index (χ1) is 11.8. The second-order valence-corrected chi connectivity index (χ2v) is 8.48. The minimum Gasteiger partial charge on any atom is -0.372 e. The standard InChI is InChI=1S/C20H34N4O/c1-20(2,3)13-16-7-6-10-24(15-16)12-11-23(5)17-8-9-18(22-14-17)19(25)21-4/h8-9,14,16H,6-7,10-13,15H2,1-5H3,(H,21,25). The van der Waals surface area contributed by atoms with Gasteiger partial charge in [-0.3, -0.25) is 4.79 Å². The molecule has 1 amide bonds. The van der Waals surface area contributed by atoms with E-state index in [1.807, 2.05) is 6.07 Å². The zero-order valence-electron chi connectivity index (χ0n) is 16.5. The normalized spacial score (nSPS) is 18.8. The molecule has 1 atom stereocenters.